The summed E-state index contributed by atoms with van der Waals surface area (Å²) in [5.74, 6) is 0. The van der Waals surface area contributed by atoms with Gasteiger partial charge in [-0.1, -0.05) is 29.3 Å². The summed E-state index contributed by atoms with van der Waals surface area (Å²) in [6.45, 7) is 1.46. The van der Waals surface area contributed by atoms with E-state index in [4.69, 9.17) is 27.6 Å². The average molecular weight is 504 g/mol. The van der Waals surface area contributed by atoms with E-state index < -0.39 is 10.0 Å². The average Bonchev–Trinajstić information content (AvgIpc) is 3.12. The smallest absolute Gasteiger partial charge is 0.243 e. The molecule has 1 aliphatic rings. The van der Waals surface area contributed by atoms with Crippen LogP contribution in [0.1, 0.15) is 12.8 Å². The maximum Gasteiger partial charge on any atom is 0.243 e. The molecule has 0 amide bonds. The van der Waals surface area contributed by atoms with Crippen LogP contribution in [0.4, 0.5) is 5.69 Å². The molecule has 5 nitrogen and oxygen atoms in total. The molecule has 0 radical (unpaired) electrons. The van der Waals surface area contributed by atoms with Gasteiger partial charge in [-0.2, -0.15) is 0 Å². The fourth-order valence-corrected chi connectivity index (χ4v) is 6.66. The molecule has 0 unspecified atom stereocenters. The van der Waals surface area contributed by atoms with Gasteiger partial charge in [-0.25, -0.2) is 13.1 Å². The van der Waals surface area contributed by atoms with Gasteiger partial charge >= 0.3 is 0 Å². The lowest BCUT2D eigenvalue weighted by atomic mass is 10.1. The largest absolute Gasteiger partial charge is 0.464 e. The van der Waals surface area contributed by atoms with Gasteiger partial charge in [-0.15, -0.1) is 0 Å². The SMILES string of the molecule is O=S(=O)(NC1CCN(c2ccc3occc3c2Br)CC1)c1c(Cl)cccc1Cl. The third-order valence-corrected chi connectivity index (χ3v) is 8.20. The predicted molar refractivity (Wildman–Crippen MR) is 116 cm³/mol. The topological polar surface area (TPSA) is 62.6 Å². The first kappa shape index (κ1) is 20.0. The van der Waals surface area contributed by atoms with Crippen LogP contribution in [0.5, 0.6) is 0 Å². The number of halogens is 3. The van der Waals surface area contributed by atoms with Gasteiger partial charge in [-0.05, 0) is 59.1 Å². The zero-order chi connectivity index (χ0) is 19.9. The van der Waals surface area contributed by atoms with Crippen LogP contribution in [0.3, 0.4) is 0 Å². The minimum absolute atomic E-state index is 0.0612. The van der Waals surface area contributed by atoms with Gasteiger partial charge in [-0.3, -0.25) is 0 Å². The van der Waals surface area contributed by atoms with Crippen LogP contribution in [0.25, 0.3) is 11.0 Å². The van der Waals surface area contributed by atoms with E-state index in [1.165, 1.54) is 12.1 Å². The third kappa shape index (κ3) is 3.78. The Balaban J connectivity index is 1.47. The summed E-state index contributed by atoms with van der Waals surface area (Å²) in [6.07, 6.45) is 3.02. The number of benzene rings is 2. The number of furan rings is 1. The third-order valence-electron chi connectivity index (χ3n) is 4.89. The van der Waals surface area contributed by atoms with Crippen molar-refractivity contribution in [1.29, 1.82) is 0 Å². The summed E-state index contributed by atoms with van der Waals surface area (Å²) in [6, 6.07) is 10.4. The summed E-state index contributed by atoms with van der Waals surface area (Å²) >= 11 is 15.8. The first-order chi connectivity index (χ1) is 13.4. The lowest BCUT2D eigenvalue weighted by molar-refractivity contribution is 0.460. The zero-order valence-electron chi connectivity index (χ0n) is 14.7. The van der Waals surface area contributed by atoms with Crippen molar-refractivity contribution in [1.82, 2.24) is 4.72 Å². The first-order valence-electron chi connectivity index (χ1n) is 8.74. The molecule has 0 saturated carbocycles. The highest BCUT2D eigenvalue weighted by Gasteiger charge is 2.28. The fourth-order valence-electron chi connectivity index (χ4n) is 3.50. The molecule has 1 N–H and O–H groups in total. The Labute approximate surface area is 181 Å². The summed E-state index contributed by atoms with van der Waals surface area (Å²) < 4.78 is 34.7. The van der Waals surface area contributed by atoms with Gasteiger partial charge in [0.25, 0.3) is 0 Å². The van der Waals surface area contributed by atoms with Crippen LogP contribution < -0.4 is 9.62 Å². The summed E-state index contributed by atoms with van der Waals surface area (Å²) in [4.78, 5) is 2.18. The second kappa shape index (κ2) is 7.88. The van der Waals surface area contributed by atoms with E-state index in [9.17, 15) is 8.42 Å². The van der Waals surface area contributed by atoms with Gasteiger partial charge < -0.3 is 9.32 Å². The fraction of sp³-hybridized carbons (Fsp3) is 0.263. The lowest BCUT2D eigenvalue weighted by Gasteiger charge is -2.34. The molecule has 0 atom stereocenters. The molecular weight excluding hydrogens is 487 g/mol. The van der Waals surface area contributed by atoms with E-state index in [0.29, 0.717) is 12.8 Å². The zero-order valence-corrected chi connectivity index (χ0v) is 18.6. The van der Waals surface area contributed by atoms with Crippen LogP contribution in [0.15, 0.2) is 56.4 Å². The number of rotatable bonds is 4. The van der Waals surface area contributed by atoms with Gasteiger partial charge in [0.1, 0.15) is 10.5 Å². The van der Waals surface area contributed by atoms with Crippen LogP contribution in [0.2, 0.25) is 10.0 Å². The summed E-state index contributed by atoms with van der Waals surface area (Å²) in [5, 5.41) is 1.26. The monoisotopic (exact) mass is 502 g/mol. The number of hydrogen-bond acceptors (Lipinski definition) is 4. The molecule has 0 spiro atoms. The highest BCUT2D eigenvalue weighted by molar-refractivity contribution is 9.10. The highest BCUT2D eigenvalue weighted by atomic mass is 79.9. The number of sulfonamides is 1. The van der Waals surface area contributed by atoms with E-state index >= 15 is 0 Å². The van der Waals surface area contributed by atoms with E-state index in [2.05, 4.69) is 25.6 Å². The Morgan fingerprint density at radius 3 is 2.43 bits per heavy atom. The molecule has 2 aromatic carbocycles. The van der Waals surface area contributed by atoms with Crippen LogP contribution in [-0.4, -0.2) is 27.5 Å². The minimum atomic E-state index is -3.79. The number of anilines is 1. The molecular formula is C19H17BrCl2N2O3S. The van der Waals surface area contributed by atoms with Crippen LogP contribution >= 0.6 is 39.1 Å². The maximum atomic E-state index is 12.8. The Bertz CT molecular complexity index is 1110. The Kier molecular flexibility index (Phi) is 5.64. The molecule has 9 heteroatoms. The minimum Gasteiger partial charge on any atom is -0.464 e. The first-order valence-corrected chi connectivity index (χ1v) is 11.8. The second-order valence-corrected chi connectivity index (χ2v) is 9.92. The number of nitrogens with zero attached hydrogens (tertiary/aromatic N) is 1. The van der Waals surface area contributed by atoms with Gasteiger partial charge in [0.15, 0.2) is 0 Å². The summed E-state index contributed by atoms with van der Waals surface area (Å²) in [5.41, 5.74) is 1.90. The van der Waals surface area contributed by atoms with Crippen LogP contribution in [0, 0.1) is 0 Å². The van der Waals surface area contributed by atoms with E-state index in [1.54, 1.807) is 12.3 Å². The molecule has 0 bridgehead atoms. The number of hydrogen-bond donors (Lipinski definition) is 1. The standard InChI is InChI=1S/C19H17BrCl2N2O3S/c20-18-13-8-11-27-17(13)5-4-16(18)24-9-6-12(7-10-24)23-28(25,26)19-14(21)2-1-3-15(19)22/h1-5,8,11-12,23H,6-7,9-10H2. The summed E-state index contributed by atoms with van der Waals surface area (Å²) in [7, 11) is -3.79. The van der Waals surface area contributed by atoms with E-state index in [-0.39, 0.29) is 21.0 Å². The van der Waals surface area contributed by atoms with Crippen molar-refractivity contribution >= 4 is 65.8 Å². The molecule has 4 rings (SSSR count). The van der Waals surface area contributed by atoms with Gasteiger partial charge in [0, 0.05) is 24.5 Å². The highest BCUT2D eigenvalue weighted by Crippen LogP contribution is 2.36. The van der Waals surface area contributed by atoms with Crippen molar-refractivity contribution in [3.05, 3.63) is 57.2 Å². The van der Waals surface area contributed by atoms with Crippen LogP contribution in [-0.2, 0) is 10.0 Å². The molecule has 2 heterocycles. The van der Waals surface area contributed by atoms with E-state index in [0.717, 1.165) is 34.2 Å². The molecule has 1 saturated heterocycles. The predicted octanol–water partition coefficient (Wildman–Crippen LogP) is 5.45. The quantitative estimate of drug-likeness (QED) is 0.514. The normalized spacial score (nSPS) is 16.0. The Morgan fingerprint density at radius 2 is 1.75 bits per heavy atom. The molecule has 3 aromatic rings. The molecule has 1 aliphatic heterocycles. The van der Waals surface area contributed by atoms with Crippen molar-refractivity contribution in [2.75, 3.05) is 18.0 Å². The molecule has 1 fully saturated rings. The lowest BCUT2D eigenvalue weighted by Crippen LogP contribution is -2.44. The van der Waals surface area contributed by atoms with E-state index in [1.807, 2.05) is 18.2 Å². The molecule has 148 valence electrons. The van der Waals surface area contributed by atoms with Gasteiger partial charge in [0.05, 0.1) is 26.5 Å². The molecule has 1 aromatic heterocycles. The molecule has 28 heavy (non-hydrogen) atoms. The second-order valence-electron chi connectivity index (χ2n) is 6.66. The van der Waals surface area contributed by atoms with Crippen molar-refractivity contribution in [3.8, 4) is 0 Å². The van der Waals surface area contributed by atoms with Crippen molar-refractivity contribution in [2.45, 2.75) is 23.8 Å². The van der Waals surface area contributed by atoms with Crippen molar-refractivity contribution in [3.63, 3.8) is 0 Å². The number of piperidine rings is 1. The van der Waals surface area contributed by atoms with Crippen molar-refractivity contribution in [2.24, 2.45) is 0 Å². The molecule has 0 aliphatic carbocycles. The number of fused-ring (bicyclic) bond motifs is 1. The van der Waals surface area contributed by atoms with Crippen molar-refractivity contribution < 1.29 is 12.8 Å². The van der Waals surface area contributed by atoms with Gasteiger partial charge in [0.2, 0.25) is 10.0 Å². The number of nitrogens with one attached hydrogen (secondary N) is 1. The maximum absolute atomic E-state index is 12.8. The Morgan fingerprint density at radius 1 is 1.07 bits per heavy atom. The Hall–Kier alpha value is -1.25.